The lowest BCUT2D eigenvalue weighted by Gasteiger charge is -2.06. The van der Waals surface area contributed by atoms with Gasteiger partial charge < -0.3 is 14.8 Å². The Morgan fingerprint density at radius 2 is 2.15 bits per heavy atom. The highest BCUT2D eigenvalue weighted by Crippen LogP contribution is 2.30. The predicted molar refractivity (Wildman–Crippen MR) is 78.6 cm³/mol. The third kappa shape index (κ3) is 2.04. The maximum Gasteiger partial charge on any atom is 0.259 e. The van der Waals surface area contributed by atoms with Crippen molar-refractivity contribution in [3.63, 3.8) is 0 Å². The molecule has 0 aliphatic heterocycles. The van der Waals surface area contributed by atoms with E-state index >= 15 is 0 Å². The van der Waals surface area contributed by atoms with Crippen LogP contribution in [0.3, 0.4) is 0 Å². The molecular formula is C14H12N2O3S. The first-order chi connectivity index (χ1) is 9.58. The number of aromatic amines is 1. The number of nitrogens with zero attached hydrogens (tertiary/aromatic N) is 1. The summed E-state index contributed by atoms with van der Waals surface area (Å²) in [5, 5.41) is 10.2. The monoisotopic (exact) mass is 288 g/mol. The van der Waals surface area contributed by atoms with Crippen molar-refractivity contribution in [2.24, 2.45) is 0 Å². The number of ether oxygens (including phenoxy) is 1. The number of phenols is 1. The largest absolute Gasteiger partial charge is 0.504 e. The van der Waals surface area contributed by atoms with Gasteiger partial charge in [0.15, 0.2) is 11.5 Å². The number of hydrogen-bond acceptors (Lipinski definition) is 5. The zero-order valence-electron chi connectivity index (χ0n) is 10.9. The van der Waals surface area contributed by atoms with Gasteiger partial charge >= 0.3 is 0 Å². The van der Waals surface area contributed by atoms with Crippen molar-refractivity contribution >= 4 is 21.6 Å². The van der Waals surface area contributed by atoms with Crippen LogP contribution in [-0.4, -0.2) is 22.2 Å². The van der Waals surface area contributed by atoms with Crippen molar-refractivity contribution < 1.29 is 9.84 Å². The number of phenolic OH excluding ortho intramolecular Hbond substituents is 1. The minimum absolute atomic E-state index is 0.0478. The van der Waals surface area contributed by atoms with Gasteiger partial charge in [-0.05, 0) is 31.2 Å². The Bertz CT molecular complexity index is 851. The number of H-pyrrole nitrogens is 1. The Balaban J connectivity index is 2.21. The van der Waals surface area contributed by atoms with Gasteiger partial charge in [-0.15, -0.1) is 11.3 Å². The maximum absolute atomic E-state index is 12.0. The van der Waals surface area contributed by atoms with Crippen LogP contribution >= 0.6 is 11.3 Å². The lowest BCUT2D eigenvalue weighted by molar-refractivity contribution is 0.373. The van der Waals surface area contributed by atoms with Crippen LogP contribution in [0.2, 0.25) is 0 Å². The van der Waals surface area contributed by atoms with Crippen LogP contribution in [0.5, 0.6) is 11.5 Å². The van der Waals surface area contributed by atoms with E-state index in [0.29, 0.717) is 27.4 Å². The minimum Gasteiger partial charge on any atom is -0.504 e. The molecule has 3 aromatic rings. The number of rotatable bonds is 2. The first kappa shape index (κ1) is 12.7. The van der Waals surface area contributed by atoms with Gasteiger partial charge in [0.1, 0.15) is 10.7 Å². The van der Waals surface area contributed by atoms with Gasteiger partial charge in [0.25, 0.3) is 5.56 Å². The van der Waals surface area contributed by atoms with Crippen LogP contribution in [0.25, 0.3) is 21.6 Å². The third-order valence-electron chi connectivity index (χ3n) is 2.98. The van der Waals surface area contributed by atoms with Crippen LogP contribution in [0.1, 0.15) is 4.88 Å². The topological polar surface area (TPSA) is 75.2 Å². The summed E-state index contributed by atoms with van der Waals surface area (Å²) < 4.78 is 5.06. The van der Waals surface area contributed by atoms with E-state index in [1.54, 1.807) is 12.1 Å². The van der Waals surface area contributed by atoms with Crippen molar-refractivity contribution in [3.05, 3.63) is 39.5 Å². The van der Waals surface area contributed by atoms with Crippen LogP contribution < -0.4 is 10.3 Å². The van der Waals surface area contributed by atoms with Crippen LogP contribution in [0.15, 0.2) is 29.1 Å². The highest BCUT2D eigenvalue weighted by atomic mass is 32.1. The summed E-state index contributed by atoms with van der Waals surface area (Å²) in [5.41, 5.74) is 0.520. The molecular weight excluding hydrogens is 276 g/mol. The number of benzene rings is 1. The van der Waals surface area contributed by atoms with Gasteiger partial charge in [0.2, 0.25) is 0 Å². The highest BCUT2D eigenvalue weighted by molar-refractivity contribution is 7.18. The predicted octanol–water partition coefficient (Wildman–Crippen LogP) is 2.67. The number of hydrogen-bond donors (Lipinski definition) is 2. The Kier molecular flexibility index (Phi) is 2.94. The van der Waals surface area contributed by atoms with Gasteiger partial charge in [0.05, 0.1) is 12.5 Å². The van der Waals surface area contributed by atoms with Gasteiger partial charge in [-0.2, -0.15) is 0 Å². The summed E-state index contributed by atoms with van der Waals surface area (Å²) >= 11 is 1.48. The number of aryl methyl sites for hydroxylation is 1. The van der Waals surface area contributed by atoms with E-state index in [9.17, 15) is 9.90 Å². The van der Waals surface area contributed by atoms with E-state index in [1.807, 2.05) is 13.0 Å². The third-order valence-corrected chi connectivity index (χ3v) is 3.92. The fraction of sp³-hybridized carbons (Fsp3) is 0.143. The average molecular weight is 288 g/mol. The molecule has 2 N–H and O–H groups in total. The first-order valence-electron chi connectivity index (χ1n) is 5.96. The quantitative estimate of drug-likeness (QED) is 0.760. The summed E-state index contributed by atoms with van der Waals surface area (Å²) in [5.74, 6) is 0.849. The molecule has 0 bridgehead atoms. The molecule has 3 rings (SSSR count). The van der Waals surface area contributed by atoms with E-state index in [0.717, 1.165) is 4.88 Å². The van der Waals surface area contributed by atoms with Crippen LogP contribution in [-0.2, 0) is 0 Å². The maximum atomic E-state index is 12.0. The summed E-state index contributed by atoms with van der Waals surface area (Å²) in [4.78, 5) is 21.0. The zero-order chi connectivity index (χ0) is 14.3. The van der Waals surface area contributed by atoms with Crippen LogP contribution in [0, 0.1) is 6.92 Å². The Hall–Kier alpha value is -2.34. The number of fused-ring (bicyclic) bond motifs is 1. The molecule has 0 saturated heterocycles. The molecule has 6 heteroatoms. The van der Waals surface area contributed by atoms with Crippen molar-refractivity contribution in [3.8, 4) is 22.9 Å². The second-order valence-electron chi connectivity index (χ2n) is 4.38. The summed E-state index contributed by atoms with van der Waals surface area (Å²) in [7, 11) is 1.47. The molecule has 0 spiro atoms. The highest BCUT2D eigenvalue weighted by Gasteiger charge is 2.10. The molecule has 5 nitrogen and oxygen atoms in total. The summed E-state index contributed by atoms with van der Waals surface area (Å²) in [6.07, 6.45) is 0. The van der Waals surface area contributed by atoms with E-state index in [4.69, 9.17) is 4.74 Å². The summed E-state index contributed by atoms with van der Waals surface area (Å²) in [6, 6.07) is 6.66. The lowest BCUT2D eigenvalue weighted by atomic mass is 10.2. The first-order valence-corrected chi connectivity index (χ1v) is 6.78. The molecule has 0 atom stereocenters. The number of aromatic nitrogens is 2. The van der Waals surface area contributed by atoms with Gasteiger partial charge in [-0.25, -0.2) is 4.98 Å². The normalized spacial score (nSPS) is 10.9. The number of aromatic hydroxyl groups is 1. The second-order valence-corrected chi connectivity index (χ2v) is 5.61. The molecule has 0 fully saturated rings. The van der Waals surface area contributed by atoms with Gasteiger partial charge in [0, 0.05) is 10.4 Å². The lowest BCUT2D eigenvalue weighted by Crippen LogP contribution is -2.07. The molecule has 2 heterocycles. The zero-order valence-corrected chi connectivity index (χ0v) is 11.7. The molecule has 102 valence electrons. The fourth-order valence-electron chi connectivity index (χ4n) is 2.01. The van der Waals surface area contributed by atoms with E-state index in [2.05, 4.69) is 9.97 Å². The van der Waals surface area contributed by atoms with Crippen LogP contribution in [0.4, 0.5) is 0 Å². The van der Waals surface area contributed by atoms with E-state index in [-0.39, 0.29) is 11.3 Å². The molecule has 2 aromatic heterocycles. The molecule has 0 unspecified atom stereocenters. The van der Waals surface area contributed by atoms with E-state index < -0.39 is 0 Å². The van der Waals surface area contributed by atoms with Crippen molar-refractivity contribution in [1.29, 1.82) is 0 Å². The Morgan fingerprint density at radius 1 is 1.35 bits per heavy atom. The van der Waals surface area contributed by atoms with Crippen molar-refractivity contribution in [2.75, 3.05) is 7.11 Å². The summed E-state index contributed by atoms with van der Waals surface area (Å²) in [6.45, 7) is 1.94. The minimum atomic E-state index is -0.165. The average Bonchev–Trinajstić information content (AvgIpc) is 2.80. The van der Waals surface area contributed by atoms with Gasteiger partial charge in [-0.3, -0.25) is 4.79 Å². The number of methoxy groups -OCH3 is 1. The molecule has 0 radical (unpaired) electrons. The standard InChI is InChI=1S/C14H12N2O3S/c1-7-5-9-13(18)15-12(16-14(9)20-7)8-3-4-10(17)11(6-8)19-2/h3-6,17H,1-2H3,(H,15,16,18). The van der Waals surface area contributed by atoms with Crippen molar-refractivity contribution in [1.82, 2.24) is 9.97 Å². The molecule has 20 heavy (non-hydrogen) atoms. The number of nitrogens with one attached hydrogen (secondary N) is 1. The molecule has 0 amide bonds. The van der Waals surface area contributed by atoms with Crippen molar-refractivity contribution in [2.45, 2.75) is 6.92 Å². The van der Waals surface area contributed by atoms with Gasteiger partial charge in [-0.1, -0.05) is 0 Å². The smallest absolute Gasteiger partial charge is 0.259 e. The second kappa shape index (κ2) is 4.64. The Morgan fingerprint density at radius 3 is 2.90 bits per heavy atom. The SMILES string of the molecule is COc1cc(-c2nc3sc(C)cc3c(=O)[nH]2)ccc1O. The molecule has 0 aliphatic rings. The van der Waals surface area contributed by atoms with E-state index in [1.165, 1.54) is 24.5 Å². The molecule has 0 aliphatic carbocycles. The fourth-order valence-corrected chi connectivity index (χ4v) is 2.89. The number of thiophene rings is 1. The molecule has 0 saturated carbocycles. The Labute approximate surface area is 118 Å². The molecule has 1 aromatic carbocycles.